The number of hydrogen-bond donors (Lipinski definition) is 0. The Bertz CT molecular complexity index is 1160. The van der Waals surface area contributed by atoms with Gasteiger partial charge in [0.25, 0.3) is 0 Å². The summed E-state index contributed by atoms with van der Waals surface area (Å²) in [5, 5.41) is 4.42. The zero-order valence-electron chi connectivity index (χ0n) is 19.8. The number of amides is 1. The van der Waals surface area contributed by atoms with E-state index in [4.69, 9.17) is 9.97 Å². The number of hydrogen-bond acceptors (Lipinski definition) is 5. The normalized spacial score (nSPS) is 19.1. The van der Waals surface area contributed by atoms with E-state index in [2.05, 4.69) is 36.0 Å². The second kappa shape index (κ2) is 9.06. The summed E-state index contributed by atoms with van der Waals surface area (Å²) in [5.41, 5.74) is 5.67. The van der Waals surface area contributed by atoms with Crippen LogP contribution >= 0.6 is 0 Å². The molecule has 7 heteroatoms. The first kappa shape index (κ1) is 21.8. The number of likely N-dealkylation sites (tertiary alicyclic amines) is 1. The lowest BCUT2D eigenvalue weighted by Crippen LogP contribution is -2.38. The van der Waals surface area contributed by atoms with E-state index in [0.29, 0.717) is 13.0 Å². The van der Waals surface area contributed by atoms with Crippen molar-refractivity contribution >= 4 is 11.7 Å². The highest BCUT2D eigenvalue weighted by Gasteiger charge is 2.32. The number of rotatable bonds is 5. The van der Waals surface area contributed by atoms with E-state index in [9.17, 15) is 4.79 Å². The summed E-state index contributed by atoms with van der Waals surface area (Å²) in [7, 11) is 1.99. The van der Waals surface area contributed by atoms with Crippen LogP contribution in [0, 0.1) is 13.8 Å². The fourth-order valence-electron chi connectivity index (χ4n) is 5.07. The molecule has 0 aliphatic carbocycles. The Balaban J connectivity index is 1.48. The highest BCUT2D eigenvalue weighted by molar-refractivity contribution is 5.95. The van der Waals surface area contributed by atoms with Crippen LogP contribution in [-0.4, -0.2) is 37.1 Å². The molecule has 1 saturated heterocycles. The minimum absolute atomic E-state index is 0.141. The molecule has 0 saturated carbocycles. The van der Waals surface area contributed by atoms with E-state index in [1.54, 1.807) is 0 Å². The van der Waals surface area contributed by atoms with Crippen LogP contribution in [0.3, 0.4) is 0 Å². The third-order valence-electron chi connectivity index (χ3n) is 7.16. The van der Waals surface area contributed by atoms with Gasteiger partial charge in [-0.05, 0) is 45.2 Å². The number of benzene rings is 1. The molecule has 5 rings (SSSR count). The molecule has 1 amide bonds. The molecule has 0 bridgehead atoms. The second-order valence-corrected chi connectivity index (χ2v) is 9.30. The van der Waals surface area contributed by atoms with Gasteiger partial charge in [0.2, 0.25) is 5.91 Å². The van der Waals surface area contributed by atoms with Gasteiger partial charge in [-0.2, -0.15) is 5.10 Å². The van der Waals surface area contributed by atoms with Crippen molar-refractivity contribution in [1.29, 1.82) is 0 Å². The molecular weight excluding hydrogens is 412 g/mol. The first-order chi connectivity index (χ1) is 16.0. The van der Waals surface area contributed by atoms with E-state index in [1.807, 2.05) is 41.0 Å². The molecule has 4 heterocycles. The largest absolute Gasteiger partial charge is 0.292 e. The topological polar surface area (TPSA) is 67.2 Å². The molecule has 7 nitrogen and oxygen atoms in total. The predicted molar refractivity (Wildman–Crippen MR) is 128 cm³/mol. The zero-order valence-corrected chi connectivity index (χ0v) is 19.8. The Morgan fingerprint density at radius 3 is 2.61 bits per heavy atom. The van der Waals surface area contributed by atoms with Crippen LogP contribution in [0.4, 0.5) is 5.82 Å². The number of anilines is 1. The van der Waals surface area contributed by atoms with E-state index in [-0.39, 0.29) is 11.9 Å². The maximum absolute atomic E-state index is 13.0. The molecule has 1 aromatic carbocycles. The maximum Gasteiger partial charge on any atom is 0.228 e. The van der Waals surface area contributed by atoms with Crippen molar-refractivity contribution in [1.82, 2.24) is 24.6 Å². The Kier molecular flexibility index (Phi) is 5.98. The van der Waals surface area contributed by atoms with Crippen LogP contribution in [0.1, 0.15) is 65.6 Å². The van der Waals surface area contributed by atoms with Crippen LogP contribution in [0.5, 0.6) is 0 Å². The molecule has 2 aliphatic heterocycles. The summed E-state index contributed by atoms with van der Waals surface area (Å²) in [6, 6.07) is 10.3. The maximum atomic E-state index is 13.0. The number of nitrogens with zero attached hydrogens (tertiary/aromatic N) is 6. The van der Waals surface area contributed by atoms with Crippen molar-refractivity contribution in [3.8, 4) is 0 Å². The number of carbonyl (C=O) groups excluding carboxylic acids is 1. The highest BCUT2D eigenvalue weighted by atomic mass is 16.2. The predicted octanol–water partition coefficient (Wildman–Crippen LogP) is 4.03. The van der Waals surface area contributed by atoms with Crippen LogP contribution < -0.4 is 4.90 Å². The minimum atomic E-state index is 0.141. The molecule has 0 N–H and O–H groups in total. The van der Waals surface area contributed by atoms with E-state index < -0.39 is 0 Å². The second-order valence-electron chi connectivity index (χ2n) is 9.30. The number of fused-ring (bicyclic) bond motifs is 1. The standard InChI is InChI=1S/C26H32N6O/c1-18-22-12-13-24(33)32(16-20-9-5-4-6-10-20)26(22)29-25(28-18)23-11-7-8-14-31(23)17-21-15-27-30(3)19(21)2/h4-6,9-10,15,23H,7-8,11-14,16-17H2,1-3H3/t23-/m0/s1. The molecule has 0 radical (unpaired) electrons. The number of carbonyl (C=O) groups is 1. The lowest BCUT2D eigenvalue weighted by Gasteiger charge is -2.36. The molecule has 2 aromatic heterocycles. The highest BCUT2D eigenvalue weighted by Crippen LogP contribution is 2.35. The number of aryl methyl sites for hydroxylation is 2. The van der Waals surface area contributed by atoms with E-state index in [1.165, 1.54) is 24.1 Å². The fourth-order valence-corrected chi connectivity index (χ4v) is 5.07. The van der Waals surface area contributed by atoms with Crippen molar-refractivity contribution < 1.29 is 4.79 Å². The van der Waals surface area contributed by atoms with Gasteiger partial charge in [-0.3, -0.25) is 19.3 Å². The molecule has 33 heavy (non-hydrogen) atoms. The smallest absolute Gasteiger partial charge is 0.228 e. The summed E-state index contributed by atoms with van der Waals surface area (Å²) in [6.07, 6.45) is 6.58. The van der Waals surface area contributed by atoms with Crippen LogP contribution in [0.2, 0.25) is 0 Å². The van der Waals surface area contributed by atoms with Gasteiger partial charge in [-0.15, -0.1) is 0 Å². The first-order valence-electron chi connectivity index (χ1n) is 11.9. The average Bonchev–Trinajstić information content (AvgIpc) is 3.14. The SMILES string of the molecule is Cc1nc([C@@H]2CCCCN2Cc2cnn(C)c2C)nc2c1CCC(=O)N2Cc1ccccc1. The van der Waals surface area contributed by atoms with Gasteiger partial charge in [-0.25, -0.2) is 9.97 Å². The number of piperidine rings is 1. The number of aromatic nitrogens is 4. The molecule has 172 valence electrons. The molecule has 1 fully saturated rings. The zero-order chi connectivity index (χ0) is 22.9. The van der Waals surface area contributed by atoms with Crippen LogP contribution in [-0.2, 0) is 31.4 Å². The average molecular weight is 445 g/mol. The summed E-state index contributed by atoms with van der Waals surface area (Å²) in [6.45, 7) is 6.60. The summed E-state index contributed by atoms with van der Waals surface area (Å²) >= 11 is 0. The van der Waals surface area contributed by atoms with E-state index >= 15 is 0 Å². The summed E-state index contributed by atoms with van der Waals surface area (Å²) in [5.74, 6) is 1.79. The molecule has 0 unspecified atom stereocenters. The monoisotopic (exact) mass is 444 g/mol. The Hall–Kier alpha value is -3.06. The molecule has 1 atom stereocenters. The lowest BCUT2D eigenvalue weighted by molar-refractivity contribution is -0.119. The van der Waals surface area contributed by atoms with Gasteiger partial charge in [0.1, 0.15) is 11.6 Å². The molecular formula is C26H32N6O. The van der Waals surface area contributed by atoms with Crippen molar-refractivity contribution in [2.75, 3.05) is 11.4 Å². The quantitative estimate of drug-likeness (QED) is 0.594. The van der Waals surface area contributed by atoms with Gasteiger partial charge in [-0.1, -0.05) is 36.8 Å². The molecule has 0 spiro atoms. The van der Waals surface area contributed by atoms with Crippen LogP contribution in [0.15, 0.2) is 36.5 Å². The Morgan fingerprint density at radius 2 is 1.85 bits per heavy atom. The summed E-state index contributed by atoms with van der Waals surface area (Å²) < 4.78 is 1.93. The van der Waals surface area contributed by atoms with Gasteiger partial charge < -0.3 is 0 Å². The van der Waals surface area contributed by atoms with Crippen molar-refractivity contribution in [2.24, 2.45) is 7.05 Å². The Morgan fingerprint density at radius 1 is 1.03 bits per heavy atom. The van der Waals surface area contributed by atoms with E-state index in [0.717, 1.165) is 54.4 Å². The van der Waals surface area contributed by atoms with Gasteiger partial charge in [0.15, 0.2) is 0 Å². The van der Waals surface area contributed by atoms with Gasteiger partial charge in [0.05, 0.1) is 18.8 Å². The van der Waals surface area contributed by atoms with Gasteiger partial charge in [0, 0.05) is 42.5 Å². The lowest BCUT2D eigenvalue weighted by atomic mass is 9.98. The van der Waals surface area contributed by atoms with Crippen LogP contribution in [0.25, 0.3) is 0 Å². The third kappa shape index (κ3) is 4.29. The first-order valence-corrected chi connectivity index (χ1v) is 11.9. The van der Waals surface area contributed by atoms with Gasteiger partial charge >= 0.3 is 0 Å². The summed E-state index contributed by atoms with van der Waals surface area (Å²) in [4.78, 5) is 27.4. The molecule has 3 aromatic rings. The fraction of sp³-hybridized carbons (Fsp3) is 0.462. The third-order valence-corrected chi connectivity index (χ3v) is 7.16. The Labute approximate surface area is 195 Å². The van der Waals surface area contributed by atoms with Crippen molar-refractivity contribution in [3.63, 3.8) is 0 Å². The van der Waals surface area contributed by atoms with Crippen molar-refractivity contribution in [2.45, 2.75) is 65.1 Å². The molecule has 2 aliphatic rings. The van der Waals surface area contributed by atoms with Crippen molar-refractivity contribution in [3.05, 3.63) is 70.4 Å². The minimum Gasteiger partial charge on any atom is -0.292 e.